The lowest BCUT2D eigenvalue weighted by atomic mass is 10.2. The molecule has 4 heteroatoms. The van der Waals surface area contributed by atoms with Gasteiger partial charge in [-0.1, -0.05) is 23.7 Å². The predicted molar refractivity (Wildman–Crippen MR) is 75.1 cm³/mol. The molecule has 0 aliphatic carbocycles. The third-order valence-corrected chi connectivity index (χ3v) is 3.11. The maximum Gasteiger partial charge on any atom is 0.143 e. The maximum absolute atomic E-state index is 13.3. The number of nitrogens with two attached hydrogens (primary N) is 1. The largest absolute Gasteiger partial charge is 0.397 e. The van der Waals surface area contributed by atoms with Crippen LogP contribution >= 0.6 is 11.6 Å². The monoisotopic (exact) mass is 264 g/mol. The van der Waals surface area contributed by atoms with Gasteiger partial charge in [0.1, 0.15) is 5.82 Å². The first-order valence-electron chi connectivity index (χ1n) is 5.54. The molecule has 18 heavy (non-hydrogen) atoms. The van der Waals surface area contributed by atoms with E-state index < -0.39 is 5.82 Å². The number of halogens is 2. The average molecular weight is 265 g/mol. The zero-order valence-corrected chi connectivity index (χ0v) is 11.0. The Morgan fingerprint density at radius 3 is 2.61 bits per heavy atom. The first-order chi connectivity index (χ1) is 8.49. The van der Waals surface area contributed by atoms with E-state index in [9.17, 15) is 4.39 Å². The minimum atomic E-state index is -0.504. The van der Waals surface area contributed by atoms with Crippen LogP contribution in [0.25, 0.3) is 0 Å². The fourth-order valence-electron chi connectivity index (χ4n) is 1.82. The van der Waals surface area contributed by atoms with E-state index in [1.807, 2.05) is 43.1 Å². The van der Waals surface area contributed by atoms with E-state index in [2.05, 4.69) is 0 Å². The fraction of sp³-hybridized carbons (Fsp3) is 0.143. The summed E-state index contributed by atoms with van der Waals surface area (Å²) < 4.78 is 13.3. The topological polar surface area (TPSA) is 29.3 Å². The summed E-state index contributed by atoms with van der Waals surface area (Å²) in [5.74, 6) is -0.504. The van der Waals surface area contributed by atoms with Crippen LogP contribution in [0.2, 0.25) is 5.02 Å². The first kappa shape index (κ1) is 12.7. The van der Waals surface area contributed by atoms with Crippen molar-refractivity contribution in [3.63, 3.8) is 0 Å². The summed E-state index contributed by atoms with van der Waals surface area (Å²) >= 11 is 5.79. The van der Waals surface area contributed by atoms with Gasteiger partial charge in [0, 0.05) is 18.8 Å². The summed E-state index contributed by atoms with van der Waals surface area (Å²) in [4.78, 5) is 1.88. The molecule has 0 saturated heterocycles. The third-order valence-electron chi connectivity index (χ3n) is 2.82. The highest BCUT2D eigenvalue weighted by Gasteiger charge is 2.11. The van der Waals surface area contributed by atoms with Crippen molar-refractivity contribution < 1.29 is 4.39 Å². The van der Waals surface area contributed by atoms with Crippen molar-refractivity contribution in [2.45, 2.75) is 6.92 Å². The Morgan fingerprint density at radius 1 is 1.22 bits per heavy atom. The molecule has 0 aliphatic heterocycles. The quantitative estimate of drug-likeness (QED) is 0.826. The molecule has 0 spiro atoms. The standard InChI is InChI=1S/C14H14ClFN2/c1-9-4-3-5-10(6-9)18(2)14-7-11(15)12(16)8-13(14)17/h3-8H,17H2,1-2H3. The van der Waals surface area contributed by atoms with E-state index >= 15 is 0 Å². The number of hydrogen-bond acceptors (Lipinski definition) is 2. The zero-order valence-electron chi connectivity index (χ0n) is 10.2. The molecule has 0 radical (unpaired) electrons. The summed E-state index contributed by atoms with van der Waals surface area (Å²) in [5, 5.41) is 0.0682. The average Bonchev–Trinajstić information content (AvgIpc) is 2.33. The van der Waals surface area contributed by atoms with Crippen LogP contribution in [0.3, 0.4) is 0 Å². The number of anilines is 3. The number of aryl methyl sites for hydroxylation is 1. The molecule has 2 rings (SSSR count). The second-order valence-electron chi connectivity index (χ2n) is 4.22. The highest BCUT2D eigenvalue weighted by Crippen LogP contribution is 2.33. The molecule has 2 aromatic rings. The molecular formula is C14H14ClFN2. The molecule has 2 aromatic carbocycles. The van der Waals surface area contributed by atoms with Crippen molar-refractivity contribution in [3.8, 4) is 0 Å². The Balaban J connectivity index is 2.46. The molecule has 0 atom stereocenters. The molecule has 2 N–H and O–H groups in total. The Kier molecular flexibility index (Phi) is 3.43. The van der Waals surface area contributed by atoms with Crippen LogP contribution < -0.4 is 10.6 Å². The van der Waals surface area contributed by atoms with Gasteiger partial charge in [0.2, 0.25) is 0 Å². The molecule has 0 heterocycles. The van der Waals surface area contributed by atoms with Gasteiger partial charge >= 0.3 is 0 Å². The molecule has 0 aliphatic rings. The van der Waals surface area contributed by atoms with Gasteiger partial charge in [-0.3, -0.25) is 0 Å². The maximum atomic E-state index is 13.3. The van der Waals surface area contributed by atoms with E-state index in [0.717, 1.165) is 11.3 Å². The first-order valence-corrected chi connectivity index (χ1v) is 5.92. The van der Waals surface area contributed by atoms with Gasteiger partial charge in [-0.2, -0.15) is 0 Å². The van der Waals surface area contributed by atoms with E-state index in [1.54, 1.807) is 0 Å². The van der Waals surface area contributed by atoms with Crippen LogP contribution in [-0.2, 0) is 0 Å². The number of hydrogen-bond donors (Lipinski definition) is 1. The van der Waals surface area contributed by atoms with Gasteiger partial charge in [-0.05, 0) is 30.7 Å². The van der Waals surface area contributed by atoms with Crippen molar-refractivity contribution in [1.29, 1.82) is 0 Å². The molecule has 2 nitrogen and oxygen atoms in total. The Morgan fingerprint density at radius 2 is 1.94 bits per heavy atom. The molecule has 0 fully saturated rings. The second-order valence-corrected chi connectivity index (χ2v) is 4.63. The number of nitrogens with zero attached hydrogens (tertiary/aromatic N) is 1. The highest BCUT2D eigenvalue weighted by molar-refractivity contribution is 6.31. The van der Waals surface area contributed by atoms with E-state index in [1.165, 1.54) is 12.1 Å². The zero-order chi connectivity index (χ0) is 13.3. The predicted octanol–water partition coefficient (Wildman–Crippen LogP) is 4.14. The van der Waals surface area contributed by atoms with Crippen LogP contribution in [0.4, 0.5) is 21.5 Å². The highest BCUT2D eigenvalue weighted by atomic mass is 35.5. The van der Waals surface area contributed by atoms with Crippen molar-refractivity contribution >= 4 is 28.7 Å². The molecule has 0 bridgehead atoms. The minimum Gasteiger partial charge on any atom is -0.397 e. The Bertz CT molecular complexity index is 584. The SMILES string of the molecule is Cc1cccc(N(C)c2cc(Cl)c(F)cc2N)c1. The third kappa shape index (κ3) is 2.41. The van der Waals surface area contributed by atoms with E-state index in [-0.39, 0.29) is 5.02 Å². The fourth-order valence-corrected chi connectivity index (χ4v) is 1.98. The number of rotatable bonds is 2. The van der Waals surface area contributed by atoms with Gasteiger partial charge in [0.15, 0.2) is 0 Å². The summed E-state index contributed by atoms with van der Waals surface area (Å²) in [6, 6.07) is 10.7. The molecule has 0 unspecified atom stereocenters. The smallest absolute Gasteiger partial charge is 0.143 e. The molecule has 94 valence electrons. The summed E-state index contributed by atoms with van der Waals surface area (Å²) in [6.07, 6.45) is 0. The lowest BCUT2D eigenvalue weighted by molar-refractivity contribution is 0.629. The van der Waals surface area contributed by atoms with Gasteiger partial charge < -0.3 is 10.6 Å². The Labute approximate surface area is 111 Å². The van der Waals surface area contributed by atoms with Gasteiger partial charge in [0.05, 0.1) is 16.4 Å². The summed E-state index contributed by atoms with van der Waals surface area (Å²) in [5.41, 5.74) is 9.00. The van der Waals surface area contributed by atoms with E-state index in [0.29, 0.717) is 11.4 Å². The molecule has 0 saturated carbocycles. The molecule has 0 aromatic heterocycles. The Hall–Kier alpha value is -1.74. The minimum absolute atomic E-state index is 0.0682. The second kappa shape index (κ2) is 4.86. The lowest BCUT2D eigenvalue weighted by Crippen LogP contribution is -2.12. The van der Waals surface area contributed by atoms with Gasteiger partial charge in [0.25, 0.3) is 0 Å². The van der Waals surface area contributed by atoms with Crippen LogP contribution in [0.15, 0.2) is 36.4 Å². The van der Waals surface area contributed by atoms with Crippen LogP contribution in [0.1, 0.15) is 5.56 Å². The van der Waals surface area contributed by atoms with Gasteiger partial charge in [-0.25, -0.2) is 4.39 Å². The van der Waals surface area contributed by atoms with Crippen LogP contribution in [0, 0.1) is 12.7 Å². The van der Waals surface area contributed by atoms with Crippen molar-refractivity contribution in [2.24, 2.45) is 0 Å². The normalized spacial score (nSPS) is 10.4. The lowest BCUT2D eigenvalue weighted by Gasteiger charge is -2.22. The summed E-state index contributed by atoms with van der Waals surface area (Å²) in [7, 11) is 1.87. The van der Waals surface area contributed by atoms with Crippen molar-refractivity contribution in [2.75, 3.05) is 17.7 Å². The van der Waals surface area contributed by atoms with Crippen LogP contribution in [-0.4, -0.2) is 7.05 Å². The van der Waals surface area contributed by atoms with Crippen LogP contribution in [0.5, 0.6) is 0 Å². The van der Waals surface area contributed by atoms with Gasteiger partial charge in [-0.15, -0.1) is 0 Å². The number of benzene rings is 2. The van der Waals surface area contributed by atoms with E-state index in [4.69, 9.17) is 17.3 Å². The van der Waals surface area contributed by atoms with Crippen molar-refractivity contribution in [1.82, 2.24) is 0 Å². The number of nitrogen functional groups attached to an aromatic ring is 1. The van der Waals surface area contributed by atoms with Crippen molar-refractivity contribution in [3.05, 3.63) is 52.8 Å². The molecular weight excluding hydrogens is 251 g/mol. The molecule has 0 amide bonds. The summed E-state index contributed by atoms with van der Waals surface area (Å²) in [6.45, 7) is 2.01.